The molecule has 0 saturated heterocycles. The monoisotopic (exact) mass is 568 g/mol. The average Bonchev–Trinajstić information content (AvgIpc) is 3.04. The fourth-order valence-corrected chi connectivity index (χ4v) is 5.50. The van der Waals surface area contributed by atoms with Crippen molar-refractivity contribution in [3.63, 3.8) is 0 Å². The lowest BCUT2D eigenvalue weighted by Gasteiger charge is -2.38. The lowest BCUT2D eigenvalue weighted by Crippen LogP contribution is -2.48. The standard InChI is InChI=1S/C35H36O5S/c1-36-31-17-19-32(20-18-31)41-26-30-24-38-33(25-37-21-27-11-5-2-6-12-27)35(40-23-29-15-9-4-10-16-29)34(30)39-22-28-13-7-3-8-14-28/h2-20,24,33-35H,21-23,25-26H2,1H3/t33-,34-,35-/m1/s1. The van der Waals surface area contributed by atoms with Gasteiger partial charge in [-0.15, -0.1) is 11.8 Å². The summed E-state index contributed by atoms with van der Waals surface area (Å²) in [6, 6.07) is 38.7. The maximum Gasteiger partial charge on any atom is 0.150 e. The molecule has 3 atom stereocenters. The maximum atomic E-state index is 6.64. The Morgan fingerprint density at radius 1 is 0.659 bits per heavy atom. The van der Waals surface area contributed by atoms with Crippen LogP contribution >= 0.6 is 11.8 Å². The first-order valence-electron chi connectivity index (χ1n) is 13.8. The minimum Gasteiger partial charge on any atom is -0.497 e. The van der Waals surface area contributed by atoms with Gasteiger partial charge in [-0.1, -0.05) is 91.0 Å². The van der Waals surface area contributed by atoms with Crippen molar-refractivity contribution in [2.75, 3.05) is 19.5 Å². The topological polar surface area (TPSA) is 46.2 Å². The van der Waals surface area contributed by atoms with Crippen LogP contribution in [0.1, 0.15) is 16.7 Å². The van der Waals surface area contributed by atoms with E-state index in [0.717, 1.165) is 32.9 Å². The molecule has 4 aromatic carbocycles. The summed E-state index contributed by atoms with van der Waals surface area (Å²) in [6.45, 7) is 1.81. The van der Waals surface area contributed by atoms with Crippen molar-refractivity contribution < 1.29 is 23.7 Å². The van der Waals surface area contributed by atoms with Gasteiger partial charge in [0.05, 0.1) is 39.8 Å². The van der Waals surface area contributed by atoms with Crippen molar-refractivity contribution in [2.24, 2.45) is 0 Å². The van der Waals surface area contributed by atoms with Crippen molar-refractivity contribution in [1.82, 2.24) is 0 Å². The van der Waals surface area contributed by atoms with E-state index in [4.69, 9.17) is 23.7 Å². The molecule has 0 N–H and O–H groups in total. The van der Waals surface area contributed by atoms with Crippen LogP contribution in [0.3, 0.4) is 0 Å². The van der Waals surface area contributed by atoms with Crippen LogP contribution in [0.2, 0.25) is 0 Å². The summed E-state index contributed by atoms with van der Waals surface area (Å²) in [6.07, 6.45) is 0.873. The van der Waals surface area contributed by atoms with Gasteiger partial charge in [0, 0.05) is 16.2 Å². The zero-order valence-corrected chi connectivity index (χ0v) is 24.1. The van der Waals surface area contributed by atoms with Crippen LogP contribution in [-0.4, -0.2) is 37.8 Å². The summed E-state index contributed by atoms with van der Waals surface area (Å²) in [5, 5.41) is 0. The Balaban J connectivity index is 1.34. The first-order valence-corrected chi connectivity index (χ1v) is 14.8. The minimum atomic E-state index is -0.355. The SMILES string of the molecule is COc1ccc(SCC2=CO[C@H](COCc3ccccc3)[C@@H](OCc3ccccc3)[C@@H]2OCc2ccccc2)cc1. The van der Waals surface area contributed by atoms with Gasteiger partial charge in [0.1, 0.15) is 24.1 Å². The highest BCUT2D eigenvalue weighted by atomic mass is 32.2. The molecule has 1 heterocycles. The number of thioether (sulfide) groups is 1. The Bertz CT molecular complexity index is 1330. The lowest BCUT2D eigenvalue weighted by atomic mass is 9.99. The Hall–Kier alpha value is -3.55. The summed E-state index contributed by atoms with van der Waals surface area (Å²) in [7, 11) is 1.68. The molecule has 0 amide bonds. The number of rotatable bonds is 14. The third-order valence-corrected chi connectivity index (χ3v) is 7.92. The molecular formula is C35H36O5S. The number of methoxy groups -OCH3 is 1. The maximum absolute atomic E-state index is 6.64. The summed E-state index contributed by atoms with van der Waals surface area (Å²) in [5.74, 6) is 1.54. The highest BCUT2D eigenvalue weighted by Crippen LogP contribution is 2.32. The van der Waals surface area contributed by atoms with Gasteiger partial charge in [-0.2, -0.15) is 0 Å². The summed E-state index contributed by atoms with van der Waals surface area (Å²) < 4.78 is 31.0. The van der Waals surface area contributed by atoms with Gasteiger partial charge in [0.25, 0.3) is 0 Å². The lowest BCUT2D eigenvalue weighted by molar-refractivity contribution is -0.151. The molecule has 0 unspecified atom stereocenters. The van der Waals surface area contributed by atoms with Crippen molar-refractivity contribution >= 4 is 11.8 Å². The second kappa shape index (κ2) is 15.5. The highest BCUT2D eigenvalue weighted by molar-refractivity contribution is 7.99. The van der Waals surface area contributed by atoms with Gasteiger partial charge < -0.3 is 23.7 Å². The minimum absolute atomic E-state index is 0.302. The van der Waals surface area contributed by atoms with Crippen molar-refractivity contribution in [3.05, 3.63) is 144 Å². The molecule has 0 saturated carbocycles. The molecule has 0 radical (unpaired) electrons. The highest BCUT2D eigenvalue weighted by Gasteiger charge is 2.39. The fraction of sp³-hybridized carbons (Fsp3) is 0.257. The van der Waals surface area contributed by atoms with Gasteiger partial charge in [-0.25, -0.2) is 0 Å². The molecule has 5 nitrogen and oxygen atoms in total. The molecule has 5 rings (SSSR count). The van der Waals surface area contributed by atoms with E-state index in [2.05, 4.69) is 48.5 Å². The fourth-order valence-electron chi connectivity index (χ4n) is 4.60. The second-order valence-corrected chi connectivity index (χ2v) is 10.9. The normalized spacial score (nSPS) is 18.4. The summed E-state index contributed by atoms with van der Waals surface area (Å²) in [4.78, 5) is 1.14. The molecule has 1 aliphatic heterocycles. The van der Waals surface area contributed by atoms with Crippen LogP contribution in [0.25, 0.3) is 0 Å². The zero-order chi connectivity index (χ0) is 28.1. The predicted octanol–water partition coefficient (Wildman–Crippen LogP) is 7.46. The molecule has 0 aliphatic carbocycles. The van der Waals surface area contributed by atoms with Crippen LogP contribution in [0.15, 0.2) is 132 Å². The van der Waals surface area contributed by atoms with E-state index in [1.807, 2.05) is 73.0 Å². The molecule has 6 heteroatoms. The van der Waals surface area contributed by atoms with E-state index in [1.54, 1.807) is 18.9 Å². The van der Waals surface area contributed by atoms with Gasteiger partial charge in [-0.3, -0.25) is 0 Å². The Morgan fingerprint density at radius 2 is 1.22 bits per heavy atom. The third kappa shape index (κ3) is 8.72. The van der Waals surface area contributed by atoms with Crippen LogP contribution in [0.4, 0.5) is 0 Å². The number of hydrogen-bond acceptors (Lipinski definition) is 6. The average molecular weight is 569 g/mol. The smallest absolute Gasteiger partial charge is 0.150 e. The van der Waals surface area contributed by atoms with Crippen molar-refractivity contribution in [2.45, 2.75) is 43.0 Å². The van der Waals surface area contributed by atoms with Crippen LogP contribution in [0, 0.1) is 0 Å². The predicted molar refractivity (Wildman–Crippen MR) is 163 cm³/mol. The van der Waals surface area contributed by atoms with Gasteiger partial charge in [0.15, 0.2) is 0 Å². The van der Waals surface area contributed by atoms with Gasteiger partial charge in [0.2, 0.25) is 0 Å². The van der Waals surface area contributed by atoms with Gasteiger partial charge in [-0.05, 0) is 41.0 Å². The van der Waals surface area contributed by atoms with Crippen LogP contribution < -0.4 is 4.74 Å². The van der Waals surface area contributed by atoms with E-state index < -0.39 is 0 Å². The van der Waals surface area contributed by atoms with E-state index in [9.17, 15) is 0 Å². The van der Waals surface area contributed by atoms with E-state index >= 15 is 0 Å². The van der Waals surface area contributed by atoms with E-state index in [-0.39, 0.29) is 18.3 Å². The van der Waals surface area contributed by atoms with Crippen molar-refractivity contribution in [3.8, 4) is 5.75 Å². The first kappa shape index (κ1) is 29.0. The third-order valence-electron chi connectivity index (χ3n) is 6.84. The van der Waals surface area contributed by atoms with E-state index in [0.29, 0.717) is 32.2 Å². The Labute approximate surface area is 247 Å². The zero-order valence-electron chi connectivity index (χ0n) is 23.3. The quantitative estimate of drug-likeness (QED) is 0.147. The molecular weight excluding hydrogens is 532 g/mol. The molecule has 41 heavy (non-hydrogen) atoms. The first-order chi connectivity index (χ1) is 20.3. The number of hydrogen-bond donors (Lipinski definition) is 0. The molecule has 0 bridgehead atoms. The molecule has 0 aromatic heterocycles. The molecule has 0 spiro atoms. The number of benzene rings is 4. The molecule has 0 fully saturated rings. The summed E-state index contributed by atoms with van der Waals surface area (Å²) in [5.41, 5.74) is 4.37. The Kier molecular flexibility index (Phi) is 10.9. The second-order valence-electron chi connectivity index (χ2n) is 9.81. The summed E-state index contributed by atoms with van der Waals surface area (Å²) >= 11 is 1.73. The Morgan fingerprint density at radius 3 is 1.80 bits per heavy atom. The van der Waals surface area contributed by atoms with E-state index in [1.165, 1.54) is 0 Å². The van der Waals surface area contributed by atoms with Crippen molar-refractivity contribution in [1.29, 1.82) is 0 Å². The van der Waals surface area contributed by atoms with Crippen LogP contribution in [-0.2, 0) is 38.8 Å². The van der Waals surface area contributed by atoms with Gasteiger partial charge >= 0.3 is 0 Å². The number of ether oxygens (including phenoxy) is 5. The molecule has 212 valence electrons. The molecule has 1 aliphatic rings. The largest absolute Gasteiger partial charge is 0.497 e. The molecule has 4 aromatic rings. The van der Waals surface area contributed by atoms with Crippen LogP contribution in [0.5, 0.6) is 5.75 Å².